The first-order valence-electron chi connectivity index (χ1n) is 9.99. The van der Waals surface area contributed by atoms with Crippen LogP contribution in [0.4, 0.5) is 0 Å². The van der Waals surface area contributed by atoms with Gasteiger partial charge in [-0.2, -0.15) is 0 Å². The van der Waals surface area contributed by atoms with Crippen molar-refractivity contribution in [1.82, 2.24) is 20.4 Å². The molecular formula is C19H43BN4. The Morgan fingerprint density at radius 2 is 1.17 bits per heavy atom. The van der Waals surface area contributed by atoms with E-state index in [0.717, 1.165) is 0 Å². The molecule has 24 heavy (non-hydrogen) atoms. The Hall–Kier alpha value is -0.0951. The van der Waals surface area contributed by atoms with Gasteiger partial charge in [0.1, 0.15) is 7.85 Å². The van der Waals surface area contributed by atoms with Crippen LogP contribution in [0.25, 0.3) is 0 Å². The van der Waals surface area contributed by atoms with Crippen molar-refractivity contribution in [2.45, 2.75) is 84.4 Å². The largest absolute Gasteiger partial charge is 0.317 e. The molecule has 1 fully saturated rings. The van der Waals surface area contributed by atoms with Crippen LogP contribution in [0.15, 0.2) is 0 Å². The van der Waals surface area contributed by atoms with Gasteiger partial charge in [-0.25, -0.2) is 0 Å². The Morgan fingerprint density at radius 1 is 0.792 bits per heavy atom. The zero-order valence-corrected chi connectivity index (χ0v) is 17.7. The minimum absolute atomic E-state index is 0.234. The molecule has 0 aromatic rings. The first-order chi connectivity index (χ1) is 11.0. The van der Waals surface area contributed by atoms with E-state index in [4.69, 9.17) is 0 Å². The topological polar surface area (TPSA) is 30.5 Å². The molecule has 0 aliphatic carbocycles. The van der Waals surface area contributed by atoms with Crippen molar-refractivity contribution in [3.63, 3.8) is 0 Å². The average Bonchev–Trinajstić information content (AvgIpc) is 2.41. The van der Waals surface area contributed by atoms with E-state index in [9.17, 15) is 0 Å². The summed E-state index contributed by atoms with van der Waals surface area (Å²) in [6.45, 7) is 23.3. The molecule has 1 aliphatic rings. The van der Waals surface area contributed by atoms with E-state index in [2.05, 4.69) is 76.7 Å². The summed E-state index contributed by atoms with van der Waals surface area (Å²) in [5, 5.41) is 7.35. The maximum Gasteiger partial charge on any atom is 0.123 e. The van der Waals surface area contributed by atoms with Crippen molar-refractivity contribution in [1.29, 1.82) is 0 Å². The van der Waals surface area contributed by atoms with Crippen molar-refractivity contribution in [2.75, 3.05) is 39.3 Å². The van der Waals surface area contributed by atoms with Crippen LogP contribution in [0, 0.1) is 0 Å². The van der Waals surface area contributed by atoms with Crippen LogP contribution < -0.4 is 10.6 Å². The molecule has 4 nitrogen and oxygen atoms in total. The molecule has 0 spiro atoms. The lowest BCUT2D eigenvalue weighted by atomic mass is 9.92. The van der Waals surface area contributed by atoms with Gasteiger partial charge < -0.3 is 20.4 Å². The maximum absolute atomic E-state index is 3.68. The number of piperazine rings is 1. The highest BCUT2D eigenvalue weighted by molar-refractivity contribution is 6.11. The molecule has 142 valence electrons. The molecule has 0 saturated carbocycles. The van der Waals surface area contributed by atoms with Crippen LogP contribution in [-0.2, 0) is 0 Å². The third-order valence-corrected chi connectivity index (χ3v) is 4.93. The number of nitrogens with one attached hydrogen (secondary N) is 2. The fourth-order valence-electron chi connectivity index (χ4n) is 3.82. The smallest absolute Gasteiger partial charge is 0.123 e. The summed E-state index contributed by atoms with van der Waals surface area (Å²) in [5.74, 6) is 0.555. The molecule has 1 heterocycles. The second-order valence-corrected chi connectivity index (χ2v) is 9.55. The fourth-order valence-corrected chi connectivity index (χ4v) is 3.82. The lowest BCUT2D eigenvalue weighted by Crippen LogP contribution is -2.52. The predicted molar refractivity (Wildman–Crippen MR) is 110 cm³/mol. The molecule has 0 aromatic heterocycles. The van der Waals surface area contributed by atoms with Crippen LogP contribution in [0.1, 0.15) is 61.3 Å². The Kier molecular flexibility index (Phi) is 8.74. The van der Waals surface area contributed by atoms with Gasteiger partial charge in [-0.3, -0.25) is 0 Å². The molecule has 5 heteroatoms. The summed E-state index contributed by atoms with van der Waals surface area (Å²) in [4.78, 5) is 5.27. The minimum Gasteiger partial charge on any atom is -0.317 e. The number of nitrogens with zero attached hydrogens (tertiary/aromatic N) is 2. The molecule has 1 atom stereocenters. The minimum atomic E-state index is 0.234. The van der Waals surface area contributed by atoms with E-state index in [-0.39, 0.29) is 11.1 Å². The van der Waals surface area contributed by atoms with Crippen LogP contribution in [0.2, 0.25) is 0 Å². The first-order valence-corrected chi connectivity index (χ1v) is 9.99. The predicted octanol–water partition coefficient (Wildman–Crippen LogP) is 1.51. The van der Waals surface area contributed by atoms with E-state index in [1.165, 1.54) is 52.1 Å². The summed E-state index contributed by atoms with van der Waals surface area (Å²) in [7, 11) is 2.23. The van der Waals surface area contributed by atoms with Gasteiger partial charge in [-0.1, -0.05) is 20.8 Å². The van der Waals surface area contributed by atoms with Crippen LogP contribution in [0.5, 0.6) is 0 Å². The molecule has 1 rings (SSSR count). The zero-order valence-electron chi connectivity index (χ0n) is 17.7. The van der Waals surface area contributed by atoms with Crippen molar-refractivity contribution in [3.8, 4) is 0 Å². The second-order valence-electron chi connectivity index (χ2n) is 9.55. The zero-order chi connectivity index (χ0) is 18.4. The first kappa shape index (κ1) is 21.9. The molecular weight excluding hydrogens is 295 g/mol. The van der Waals surface area contributed by atoms with Gasteiger partial charge in [-0.05, 0) is 59.6 Å². The molecule has 0 radical (unpaired) electrons. The van der Waals surface area contributed by atoms with Gasteiger partial charge in [0.15, 0.2) is 0 Å². The van der Waals surface area contributed by atoms with Crippen molar-refractivity contribution in [2.24, 2.45) is 0 Å². The van der Waals surface area contributed by atoms with Gasteiger partial charge in [0.05, 0.1) is 0 Å². The van der Waals surface area contributed by atoms with E-state index in [1.807, 2.05) is 0 Å². The van der Waals surface area contributed by atoms with Crippen LogP contribution >= 0.6 is 0 Å². The van der Waals surface area contributed by atoms with E-state index in [0.29, 0.717) is 12.0 Å². The Bertz CT molecular complexity index is 313. The van der Waals surface area contributed by atoms with Crippen molar-refractivity contribution < 1.29 is 0 Å². The summed E-state index contributed by atoms with van der Waals surface area (Å²) in [6, 6.07) is 0.555. The molecule has 0 amide bonds. The third-order valence-electron chi connectivity index (χ3n) is 4.93. The summed E-state index contributed by atoms with van der Waals surface area (Å²) >= 11 is 0. The second kappa shape index (κ2) is 9.56. The number of rotatable bonds is 10. The molecule has 1 unspecified atom stereocenters. The van der Waals surface area contributed by atoms with Crippen molar-refractivity contribution in [3.05, 3.63) is 0 Å². The Labute approximate surface area is 152 Å². The van der Waals surface area contributed by atoms with Gasteiger partial charge >= 0.3 is 0 Å². The van der Waals surface area contributed by atoms with Gasteiger partial charge in [0.2, 0.25) is 0 Å². The van der Waals surface area contributed by atoms with Gasteiger partial charge in [0.25, 0.3) is 0 Å². The molecule has 1 saturated heterocycles. The number of hydrogen-bond acceptors (Lipinski definition) is 4. The number of hydrogen-bond donors (Lipinski definition) is 2. The molecule has 2 N–H and O–H groups in total. The lowest BCUT2D eigenvalue weighted by Gasteiger charge is -2.38. The van der Waals surface area contributed by atoms with Crippen molar-refractivity contribution >= 4 is 7.85 Å². The summed E-state index contributed by atoms with van der Waals surface area (Å²) in [5.41, 5.74) is 0.468. The Balaban J connectivity index is 2.24. The highest BCUT2D eigenvalue weighted by Gasteiger charge is 2.24. The quantitative estimate of drug-likeness (QED) is 0.591. The molecule has 1 aliphatic heterocycles. The van der Waals surface area contributed by atoms with Crippen LogP contribution in [-0.4, -0.2) is 80.0 Å². The Morgan fingerprint density at radius 3 is 1.50 bits per heavy atom. The standard InChI is InChI=1S/C19H43BN4/c1-16(2)21-18(4,5)8-10-23-12-14-24(15-13-23)11-9-19(6,7)22-17(3)20/h16-17,21-22H,8-15,20H2,1-7H3. The van der Waals surface area contributed by atoms with E-state index >= 15 is 0 Å². The van der Waals surface area contributed by atoms with Gasteiger partial charge in [-0.15, -0.1) is 0 Å². The maximum atomic E-state index is 3.68. The highest BCUT2D eigenvalue weighted by Crippen LogP contribution is 2.14. The fraction of sp³-hybridized carbons (Fsp3) is 1.00. The van der Waals surface area contributed by atoms with E-state index < -0.39 is 0 Å². The van der Waals surface area contributed by atoms with Gasteiger partial charge in [0, 0.05) is 43.3 Å². The summed E-state index contributed by atoms with van der Waals surface area (Å²) in [6.07, 6.45) is 2.44. The monoisotopic (exact) mass is 338 g/mol. The summed E-state index contributed by atoms with van der Waals surface area (Å²) < 4.78 is 0. The molecule has 0 aromatic carbocycles. The van der Waals surface area contributed by atoms with E-state index in [1.54, 1.807) is 0 Å². The van der Waals surface area contributed by atoms with Crippen LogP contribution in [0.3, 0.4) is 0 Å². The normalized spacial score (nSPS) is 19.8. The lowest BCUT2D eigenvalue weighted by molar-refractivity contribution is 0.114. The average molecular weight is 338 g/mol. The highest BCUT2D eigenvalue weighted by atomic mass is 15.3. The molecule has 0 bridgehead atoms. The SMILES string of the molecule is BC(C)NC(C)(C)CCN1CCN(CCC(C)(C)NC(C)C)CC1. The third kappa shape index (κ3) is 9.40.